The van der Waals surface area contributed by atoms with Crippen LogP contribution in [0.4, 0.5) is 5.69 Å². The molecule has 4 nitrogen and oxygen atoms in total. The number of carbonyl (C=O) groups is 2. The molecule has 0 fully saturated rings. The lowest BCUT2D eigenvalue weighted by molar-refractivity contribution is -0.121. The van der Waals surface area contributed by atoms with Gasteiger partial charge in [0.1, 0.15) is 0 Å². The number of carbonyl (C=O) groups excluding carboxylic acids is 2. The summed E-state index contributed by atoms with van der Waals surface area (Å²) in [5.41, 5.74) is 4.04. The lowest BCUT2D eigenvalue weighted by Gasteiger charge is -2.32. The first-order chi connectivity index (χ1) is 11.5. The number of amides is 1. The Kier molecular flexibility index (Phi) is 4.76. The Balaban J connectivity index is 1.64. The molecule has 2 aromatic rings. The molecule has 0 aromatic heterocycles. The minimum Gasteiger partial charge on any atom is -0.325 e. The van der Waals surface area contributed by atoms with Gasteiger partial charge in [-0.3, -0.25) is 14.5 Å². The number of fused-ring (bicyclic) bond motifs is 1. The number of nitrogens with one attached hydrogen (secondary N) is 1. The van der Waals surface area contributed by atoms with Gasteiger partial charge in [-0.2, -0.15) is 0 Å². The molecule has 0 spiro atoms. The summed E-state index contributed by atoms with van der Waals surface area (Å²) < 4.78 is 0. The van der Waals surface area contributed by atoms with E-state index in [1.165, 1.54) is 18.1 Å². The van der Waals surface area contributed by atoms with Crippen LogP contribution in [0.5, 0.6) is 0 Å². The van der Waals surface area contributed by atoms with Crippen LogP contribution in [-0.2, 0) is 17.8 Å². The number of nitrogens with zero attached hydrogens (tertiary/aromatic N) is 1. The molecule has 1 atom stereocenters. The average Bonchev–Trinajstić information content (AvgIpc) is 2.61. The van der Waals surface area contributed by atoms with Crippen molar-refractivity contribution in [2.24, 2.45) is 0 Å². The van der Waals surface area contributed by atoms with Crippen molar-refractivity contribution in [3.8, 4) is 0 Å². The fourth-order valence-corrected chi connectivity index (χ4v) is 3.05. The van der Waals surface area contributed by atoms with Crippen molar-refractivity contribution in [2.75, 3.05) is 11.9 Å². The predicted octanol–water partition coefficient (Wildman–Crippen LogP) is 3.27. The van der Waals surface area contributed by atoms with Crippen molar-refractivity contribution in [2.45, 2.75) is 32.9 Å². The number of anilines is 1. The summed E-state index contributed by atoms with van der Waals surface area (Å²) in [4.78, 5) is 26.0. The zero-order valence-corrected chi connectivity index (χ0v) is 14.1. The van der Waals surface area contributed by atoms with Gasteiger partial charge in [-0.25, -0.2) is 0 Å². The van der Waals surface area contributed by atoms with Gasteiger partial charge in [-0.1, -0.05) is 24.3 Å². The largest absolute Gasteiger partial charge is 0.325 e. The van der Waals surface area contributed by atoms with Gasteiger partial charge >= 0.3 is 0 Å². The van der Waals surface area contributed by atoms with E-state index < -0.39 is 0 Å². The molecule has 2 aromatic carbocycles. The van der Waals surface area contributed by atoms with E-state index in [9.17, 15) is 9.59 Å². The van der Waals surface area contributed by atoms with Gasteiger partial charge in [0.15, 0.2) is 5.78 Å². The first-order valence-corrected chi connectivity index (χ1v) is 8.27. The highest BCUT2D eigenvalue weighted by molar-refractivity contribution is 5.97. The number of hydrogen-bond donors (Lipinski definition) is 1. The molecule has 1 heterocycles. The minimum atomic E-state index is -0.203. The monoisotopic (exact) mass is 322 g/mol. The van der Waals surface area contributed by atoms with E-state index in [4.69, 9.17) is 0 Å². The van der Waals surface area contributed by atoms with Gasteiger partial charge in [0.25, 0.3) is 0 Å². The molecule has 0 aliphatic carbocycles. The lowest BCUT2D eigenvalue weighted by atomic mass is 9.99. The summed E-state index contributed by atoms with van der Waals surface area (Å²) in [6, 6.07) is 15.2. The second-order valence-electron chi connectivity index (χ2n) is 6.29. The maximum absolute atomic E-state index is 12.5. The fraction of sp³-hybridized carbons (Fsp3) is 0.300. The van der Waals surface area contributed by atoms with Gasteiger partial charge in [0, 0.05) is 24.3 Å². The SMILES string of the molecule is CC(=O)c1ccc(NC(=O)[C@@H](C)N2CCc3ccccc3C2)cc1. The molecule has 0 saturated carbocycles. The third-order valence-corrected chi connectivity index (χ3v) is 4.65. The van der Waals surface area contributed by atoms with Crippen LogP contribution >= 0.6 is 0 Å². The summed E-state index contributed by atoms with van der Waals surface area (Å²) in [7, 11) is 0. The van der Waals surface area contributed by atoms with Gasteiger partial charge < -0.3 is 5.32 Å². The lowest BCUT2D eigenvalue weighted by Crippen LogP contribution is -2.44. The van der Waals surface area contributed by atoms with Crippen molar-refractivity contribution in [1.82, 2.24) is 4.90 Å². The van der Waals surface area contributed by atoms with Crippen molar-refractivity contribution >= 4 is 17.4 Å². The number of Topliss-reactive ketones (excluding diaryl/α,β-unsaturated/α-hetero) is 1. The van der Waals surface area contributed by atoms with Crippen LogP contribution in [-0.4, -0.2) is 29.2 Å². The number of ketones is 1. The molecule has 3 rings (SSSR count). The number of rotatable bonds is 4. The van der Waals surface area contributed by atoms with Crippen molar-refractivity contribution in [1.29, 1.82) is 0 Å². The Bertz CT molecular complexity index is 752. The third-order valence-electron chi connectivity index (χ3n) is 4.65. The Hall–Kier alpha value is -2.46. The van der Waals surface area contributed by atoms with Gasteiger partial charge in [0.05, 0.1) is 6.04 Å². The molecule has 0 radical (unpaired) electrons. The molecule has 0 unspecified atom stereocenters. The van der Waals surface area contributed by atoms with E-state index >= 15 is 0 Å². The Morgan fingerprint density at radius 3 is 2.38 bits per heavy atom. The van der Waals surface area contributed by atoms with Gasteiger partial charge in [0.2, 0.25) is 5.91 Å². The third kappa shape index (κ3) is 3.54. The van der Waals surface area contributed by atoms with E-state index in [-0.39, 0.29) is 17.7 Å². The summed E-state index contributed by atoms with van der Waals surface area (Å²) in [6.07, 6.45) is 0.973. The van der Waals surface area contributed by atoms with Crippen LogP contribution in [0.1, 0.15) is 35.3 Å². The first kappa shape index (κ1) is 16.4. The highest BCUT2D eigenvalue weighted by Gasteiger charge is 2.25. The summed E-state index contributed by atoms with van der Waals surface area (Å²) >= 11 is 0. The molecule has 1 aliphatic heterocycles. The topological polar surface area (TPSA) is 49.4 Å². The second kappa shape index (κ2) is 6.97. The van der Waals surface area contributed by atoms with Crippen LogP contribution in [0.3, 0.4) is 0 Å². The van der Waals surface area contributed by atoms with Crippen LogP contribution in [0.15, 0.2) is 48.5 Å². The van der Waals surface area contributed by atoms with Crippen LogP contribution < -0.4 is 5.32 Å². The average molecular weight is 322 g/mol. The molecule has 0 bridgehead atoms. The summed E-state index contributed by atoms with van der Waals surface area (Å²) in [5.74, 6) is -0.00168. The minimum absolute atomic E-state index is 0.0215. The van der Waals surface area contributed by atoms with Gasteiger partial charge in [-0.15, -0.1) is 0 Å². The van der Waals surface area contributed by atoms with Crippen LogP contribution in [0.2, 0.25) is 0 Å². The molecule has 124 valence electrons. The molecule has 24 heavy (non-hydrogen) atoms. The molecule has 1 aliphatic rings. The van der Waals surface area contributed by atoms with E-state index in [0.717, 1.165) is 19.5 Å². The fourth-order valence-electron chi connectivity index (χ4n) is 3.05. The number of hydrogen-bond acceptors (Lipinski definition) is 3. The second-order valence-corrected chi connectivity index (χ2v) is 6.29. The maximum atomic E-state index is 12.5. The van der Waals surface area contributed by atoms with Crippen molar-refractivity contribution in [3.63, 3.8) is 0 Å². The molecule has 4 heteroatoms. The van der Waals surface area contributed by atoms with E-state index in [1.54, 1.807) is 24.3 Å². The van der Waals surface area contributed by atoms with Crippen molar-refractivity contribution in [3.05, 3.63) is 65.2 Å². The van der Waals surface area contributed by atoms with E-state index in [2.05, 4.69) is 28.4 Å². The van der Waals surface area contributed by atoms with E-state index in [1.807, 2.05) is 13.0 Å². The highest BCUT2D eigenvalue weighted by Crippen LogP contribution is 2.21. The Labute approximate surface area is 142 Å². The summed E-state index contributed by atoms with van der Waals surface area (Å²) in [5, 5.41) is 2.94. The highest BCUT2D eigenvalue weighted by atomic mass is 16.2. The van der Waals surface area contributed by atoms with Crippen molar-refractivity contribution < 1.29 is 9.59 Å². The predicted molar refractivity (Wildman–Crippen MR) is 95.1 cm³/mol. The van der Waals surface area contributed by atoms with E-state index in [0.29, 0.717) is 11.3 Å². The number of benzene rings is 2. The van der Waals surface area contributed by atoms with Gasteiger partial charge in [-0.05, 0) is 55.7 Å². The zero-order chi connectivity index (χ0) is 17.1. The smallest absolute Gasteiger partial charge is 0.241 e. The standard InChI is InChI=1S/C20H22N2O2/c1-14(22-12-11-17-5-3-4-6-18(17)13-22)20(24)21-19-9-7-16(8-10-19)15(2)23/h3-10,14H,11-13H2,1-2H3,(H,21,24)/t14-/m1/s1. The normalized spacial score (nSPS) is 15.4. The maximum Gasteiger partial charge on any atom is 0.241 e. The quantitative estimate of drug-likeness (QED) is 0.879. The van der Waals surface area contributed by atoms with Crippen LogP contribution in [0, 0.1) is 0 Å². The molecule has 1 amide bonds. The summed E-state index contributed by atoms with van der Waals surface area (Å²) in [6.45, 7) is 5.15. The molecule has 0 saturated heterocycles. The van der Waals surface area contributed by atoms with Crippen LogP contribution in [0.25, 0.3) is 0 Å². The Morgan fingerprint density at radius 1 is 1.04 bits per heavy atom. The zero-order valence-electron chi connectivity index (χ0n) is 14.1. The molecule has 1 N–H and O–H groups in total. The molecular weight excluding hydrogens is 300 g/mol. The first-order valence-electron chi connectivity index (χ1n) is 8.27. The Morgan fingerprint density at radius 2 is 1.71 bits per heavy atom. The molecular formula is C20H22N2O2.